The molecule has 3 rings (SSSR count). The number of rotatable bonds is 5. The second-order valence-electron chi connectivity index (χ2n) is 7.12. The number of esters is 1. The maximum Gasteiger partial charge on any atom is 0.338 e. The second-order valence-corrected chi connectivity index (χ2v) is 7.12. The third kappa shape index (κ3) is 4.52. The van der Waals surface area contributed by atoms with Gasteiger partial charge in [-0.15, -0.1) is 0 Å². The van der Waals surface area contributed by atoms with Crippen LogP contribution in [0.25, 0.3) is 10.8 Å². The van der Waals surface area contributed by atoms with Crippen LogP contribution in [0.15, 0.2) is 36.4 Å². The molecule has 1 aliphatic rings. The molecule has 0 amide bonds. The number of allylic oxidation sites excluding steroid dienone is 2. The Balaban J connectivity index is 1.63. The number of carbonyl (C=O) groups excluding carboxylic acids is 1. The highest BCUT2D eigenvalue weighted by molar-refractivity contribution is 5.95. The van der Waals surface area contributed by atoms with E-state index < -0.39 is 23.4 Å². The van der Waals surface area contributed by atoms with E-state index >= 15 is 0 Å². The van der Waals surface area contributed by atoms with Crippen molar-refractivity contribution in [2.75, 3.05) is 0 Å². The summed E-state index contributed by atoms with van der Waals surface area (Å²) in [6.07, 6.45) is 10.0. The van der Waals surface area contributed by atoms with Crippen LogP contribution in [-0.2, 0) is 4.74 Å². The van der Waals surface area contributed by atoms with Gasteiger partial charge in [0.15, 0.2) is 17.5 Å². The van der Waals surface area contributed by atoms with Crippen molar-refractivity contribution in [1.29, 1.82) is 0 Å². The average molecular weight is 376 g/mol. The Bertz CT molecular complexity index is 852. The molecule has 0 unspecified atom stereocenters. The molecule has 1 saturated carbocycles. The molecule has 0 bridgehead atoms. The molecular formula is C22H23F3O2. The van der Waals surface area contributed by atoms with Gasteiger partial charge in [-0.05, 0) is 75.0 Å². The van der Waals surface area contributed by atoms with E-state index in [1.165, 1.54) is 18.2 Å². The van der Waals surface area contributed by atoms with Crippen molar-refractivity contribution < 1.29 is 22.7 Å². The third-order valence-electron chi connectivity index (χ3n) is 5.25. The zero-order valence-corrected chi connectivity index (χ0v) is 15.3. The molecule has 0 aliphatic heterocycles. The fraction of sp³-hybridized carbons (Fsp3) is 0.409. The second kappa shape index (κ2) is 8.59. The molecule has 5 heteroatoms. The van der Waals surface area contributed by atoms with Crippen LogP contribution in [0.2, 0.25) is 0 Å². The molecular weight excluding hydrogens is 353 g/mol. The maximum absolute atomic E-state index is 13.8. The average Bonchev–Trinajstić information content (AvgIpc) is 2.67. The van der Waals surface area contributed by atoms with E-state index in [4.69, 9.17) is 4.74 Å². The Kier molecular flexibility index (Phi) is 6.19. The van der Waals surface area contributed by atoms with E-state index in [9.17, 15) is 18.0 Å². The zero-order valence-electron chi connectivity index (χ0n) is 15.3. The van der Waals surface area contributed by atoms with Crippen molar-refractivity contribution in [1.82, 2.24) is 0 Å². The van der Waals surface area contributed by atoms with Gasteiger partial charge in [0.25, 0.3) is 0 Å². The fourth-order valence-electron chi connectivity index (χ4n) is 3.69. The lowest BCUT2D eigenvalue weighted by Gasteiger charge is -2.28. The van der Waals surface area contributed by atoms with Crippen LogP contribution >= 0.6 is 0 Å². The Labute approximate surface area is 157 Å². The molecule has 0 radical (unpaired) electrons. The highest BCUT2D eigenvalue weighted by Gasteiger charge is 2.24. The first kappa shape index (κ1) is 19.5. The molecule has 144 valence electrons. The van der Waals surface area contributed by atoms with Crippen molar-refractivity contribution in [3.05, 3.63) is 59.4 Å². The van der Waals surface area contributed by atoms with E-state index in [0.717, 1.165) is 44.6 Å². The van der Waals surface area contributed by atoms with Crippen LogP contribution < -0.4 is 0 Å². The molecule has 0 aromatic heterocycles. The van der Waals surface area contributed by atoms with Crippen LogP contribution in [-0.4, -0.2) is 12.1 Å². The Morgan fingerprint density at radius 2 is 1.85 bits per heavy atom. The van der Waals surface area contributed by atoms with Crippen molar-refractivity contribution in [2.24, 2.45) is 5.92 Å². The standard InChI is InChI=1S/C22H23F3O2/c1-2-3-4-5-14-6-9-17(10-7-14)27-22(26)15-8-11-18-16(12-15)13-19(23)21(25)20(18)24/h2-3,8,11-14,17H,4-7,9-10H2,1H3/b3-2+. The van der Waals surface area contributed by atoms with Crippen LogP contribution in [0.5, 0.6) is 0 Å². The van der Waals surface area contributed by atoms with Gasteiger partial charge in [-0.2, -0.15) is 0 Å². The first-order chi connectivity index (χ1) is 13.0. The van der Waals surface area contributed by atoms with Crippen molar-refractivity contribution in [3.8, 4) is 0 Å². The smallest absolute Gasteiger partial charge is 0.338 e. The molecule has 0 N–H and O–H groups in total. The minimum Gasteiger partial charge on any atom is -0.459 e. The summed E-state index contributed by atoms with van der Waals surface area (Å²) in [5.41, 5.74) is 0.211. The van der Waals surface area contributed by atoms with Crippen molar-refractivity contribution >= 4 is 16.7 Å². The minimum atomic E-state index is -1.51. The monoisotopic (exact) mass is 376 g/mol. The van der Waals surface area contributed by atoms with Crippen molar-refractivity contribution in [2.45, 2.75) is 51.6 Å². The van der Waals surface area contributed by atoms with Gasteiger partial charge in [0.05, 0.1) is 5.56 Å². The van der Waals surface area contributed by atoms with Gasteiger partial charge in [-0.25, -0.2) is 18.0 Å². The number of hydrogen-bond donors (Lipinski definition) is 0. The third-order valence-corrected chi connectivity index (χ3v) is 5.25. The zero-order chi connectivity index (χ0) is 19.4. The summed E-state index contributed by atoms with van der Waals surface area (Å²) < 4.78 is 46.1. The van der Waals surface area contributed by atoms with Gasteiger partial charge in [0.2, 0.25) is 0 Å². The molecule has 2 aromatic rings. The lowest BCUT2D eigenvalue weighted by molar-refractivity contribution is 0.0162. The number of hydrogen-bond acceptors (Lipinski definition) is 2. The fourth-order valence-corrected chi connectivity index (χ4v) is 3.69. The number of carbonyl (C=O) groups is 1. The highest BCUT2D eigenvalue weighted by Crippen LogP contribution is 2.30. The molecule has 2 aromatic carbocycles. The molecule has 2 nitrogen and oxygen atoms in total. The summed E-state index contributed by atoms with van der Waals surface area (Å²) in [5, 5.41) is 0.0700. The Morgan fingerprint density at radius 1 is 1.11 bits per heavy atom. The lowest BCUT2D eigenvalue weighted by Crippen LogP contribution is -2.24. The summed E-state index contributed by atoms with van der Waals surface area (Å²) in [4.78, 5) is 12.4. The Hall–Kier alpha value is -2.30. The summed E-state index contributed by atoms with van der Waals surface area (Å²) in [7, 11) is 0. The number of halogens is 3. The first-order valence-electron chi connectivity index (χ1n) is 9.39. The van der Waals surface area contributed by atoms with Crippen LogP contribution in [0.4, 0.5) is 13.2 Å². The molecule has 0 spiro atoms. The normalized spacial score (nSPS) is 20.3. The van der Waals surface area contributed by atoms with Gasteiger partial charge in [0.1, 0.15) is 6.10 Å². The van der Waals surface area contributed by atoms with Gasteiger partial charge < -0.3 is 4.74 Å². The molecule has 0 atom stereocenters. The quantitative estimate of drug-likeness (QED) is 0.346. The van der Waals surface area contributed by atoms with Gasteiger partial charge in [-0.3, -0.25) is 0 Å². The van der Waals surface area contributed by atoms with Gasteiger partial charge in [0, 0.05) is 5.39 Å². The Morgan fingerprint density at radius 3 is 2.56 bits per heavy atom. The molecule has 0 saturated heterocycles. The maximum atomic E-state index is 13.8. The van der Waals surface area contributed by atoms with Crippen LogP contribution in [0.3, 0.4) is 0 Å². The summed E-state index contributed by atoms with van der Waals surface area (Å²) >= 11 is 0. The van der Waals surface area contributed by atoms with Gasteiger partial charge in [-0.1, -0.05) is 18.2 Å². The topological polar surface area (TPSA) is 26.3 Å². The van der Waals surface area contributed by atoms with E-state index in [2.05, 4.69) is 12.2 Å². The number of benzene rings is 2. The highest BCUT2D eigenvalue weighted by atomic mass is 19.2. The number of fused-ring (bicyclic) bond motifs is 1. The predicted octanol–water partition coefficient (Wildman–Crippen LogP) is 6.33. The molecule has 27 heavy (non-hydrogen) atoms. The molecule has 0 heterocycles. The predicted molar refractivity (Wildman–Crippen MR) is 99.0 cm³/mol. The summed E-state index contributed by atoms with van der Waals surface area (Å²) in [6, 6.07) is 4.89. The van der Waals surface area contributed by atoms with E-state index in [0.29, 0.717) is 5.92 Å². The summed E-state index contributed by atoms with van der Waals surface area (Å²) in [6.45, 7) is 2.02. The van der Waals surface area contributed by atoms with E-state index in [1.54, 1.807) is 0 Å². The molecule has 1 fully saturated rings. The van der Waals surface area contributed by atoms with Gasteiger partial charge >= 0.3 is 5.97 Å². The lowest BCUT2D eigenvalue weighted by atomic mass is 9.84. The number of ether oxygens (including phenoxy) is 1. The molecule has 1 aliphatic carbocycles. The SMILES string of the molecule is C/C=C/CCC1CCC(OC(=O)c2ccc3c(F)c(F)c(F)cc3c2)CC1. The van der Waals surface area contributed by atoms with Crippen molar-refractivity contribution in [3.63, 3.8) is 0 Å². The summed E-state index contributed by atoms with van der Waals surface area (Å²) in [5.74, 6) is -3.89. The minimum absolute atomic E-state index is 0.0629. The van der Waals surface area contributed by atoms with Crippen LogP contribution in [0, 0.1) is 23.4 Å². The largest absolute Gasteiger partial charge is 0.459 e. The first-order valence-corrected chi connectivity index (χ1v) is 9.39. The van der Waals surface area contributed by atoms with E-state index in [-0.39, 0.29) is 22.4 Å². The van der Waals surface area contributed by atoms with E-state index in [1.807, 2.05) is 6.92 Å². The van der Waals surface area contributed by atoms with Crippen LogP contribution in [0.1, 0.15) is 55.8 Å².